The lowest BCUT2D eigenvalue weighted by molar-refractivity contribution is -0.385. The number of aryl methyl sites for hydroxylation is 1. The van der Waals surface area contributed by atoms with Gasteiger partial charge in [-0.05, 0) is 51.1 Å². The summed E-state index contributed by atoms with van der Waals surface area (Å²) in [6.45, 7) is 5.16. The van der Waals surface area contributed by atoms with Crippen LogP contribution in [0.15, 0.2) is 76.8 Å². The van der Waals surface area contributed by atoms with Crippen LogP contribution >= 0.6 is 15.9 Å². The molecule has 0 bridgehead atoms. The first-order chi connectivity index (χ1) is 19.2. The van der Waals surface area contributed by atoms with Crippen molar-refractivity contribution >= 4 is 45.1 Å². The van der Waals surface area contributed by atoms with Crippen LogP contribution in [0.4, 0.5) is 10.5 Å². The van der Waals surface area contributed by atoms with Gasteiger partial charge in [-0.25, -0.2) is 9.59 Å². The van der Waals surface area contributed by atoms with Crippen LogP contribution in [0.3, 0.4) is 0 Å². The third kappa shape index (κ3) is 5.74. The molecular formula is C29H26BrN3O7. The number of halogens is 1. The highest BCUT2D eigenvalue weighted by Crippen LogP contribution is 2.43. The molecule has 1 N–H and O–H groups in total. The summed E-state index contributed by atoms with van der Waals surface area (Å²) in [7, 11) is 0. The van der Waals surface area contributed by atoms with Crippen LogP contribution in [0.1, 0.15) is 36.6 Å². The standard InChI is InChI=1S/C29H26BrN3O7/c1-4-32-26(20-8-6-7-9-22(20)33(37)38)24(27(34)28(35)39-5-2)25(31-29(32)36)21-15-12-18(30)16-23(21)40-19-13-10-17(3)11-14-19/h6-16,25H,4-5H2,1-3H3,(H,31,36). The van der Waals surface area contributed by atoms with Gasteiger partial charge in [0.05, 0.1) is 34.4 Å². The van der Waals surface area contributed by atoms with E-state index in [1.165, 1.54) is 23.1 Å². The molecule has 3 aromatic carbocycles. The average molecular weight is 608 g/mol. The topological polar surface area (TPSA) is 128 Å². The summed E-state index contributed by atoms with van der Waals surface area (Å²) in [4.78, 5) is 52.6. The van der Waals surface area contributed by atoms with E-state index in [0.29, 0.717) is 21.5 Å². The van der Waals surface area contributed by atoms with E-state index in [1.807, 2.05) is 19.1 Å². The van der Waals surface area contributed by atoms with Gasteiger partial charge in [-0.1, -0.05) is 51.8 Å². The summed E-state index contributed by atoms with van der Waals surface area (Å²) in [6, 6.07) is 16.3. The van der Waals surface area contributed by atoms with E-state index >= 15 is 0 Å². The number of carbonyl (C=O) groups excluding carboxylic acids is 3. The maximum atomic E-state index is 13.7. The Morgan fingerprint density at radius 2 is 1.77 bits per heavy atom. The number of benzene rings is 3. The molecule has 0 aromatic heterocycles. The molecule has 0 saturated heterocycles. The van der Waals surface area contributed by atoms with Crippen molar-refractivity contribution in [3.63, 3.8) is 0 Å². The highest BCUT2D eigenvalue weighted by Gasteiger charge is 2.42. The van der Waals surface area contributed by atoms with Crippen molar-refractivity contribution in [3.05, 3.63) is 104 Å². The van der Waals surface area contributed by atoms with Crippen LogP contribution in [0.25, 0.3) is 5.70 Å². The lowest BCUT2D eigenvalue weighted by Gasteiger charge is -2.36. The third-order valence-electron chi connectivity index (χ3n) is 6.24. The average Bonchev–Trinajstić information content (AvgIpc) is 2.93. The van der Waals surface area contributed by atoms with Gasteiger partial charge in [0.25, 0.3) is 11.5 Å². The molecule has 4 rings (SSSR count). The highest BCUT2D eigenvalue weighted by molar-refractivity contribution is 9.10. The Labute approximate surface area is 238 Å². The zero-order valence-corrected chi connectivity index (χ0v) is 23.6. The fourth-order valence-electron chi connectivity index (χ4n) is 4.43. The molecule has 3 aromatic rings. The Balaban J connectivity index is 2.02. The van der Waals surface area contributed by atoms with Gasteiger partial charge in [-0.3, -0.25) is 19.8 Å². The summed E-state index contributed by atoms with van der Waals surface area (Å²) in [5.74, 6) is -1.39. The molecular weight excluding hydrogens is 582 g/mol. The van der Waals surface area contributed by atoms with E-state index < -0.39 is 28.7 Å². The third-order valence-corrected chi connectivity index (χ3v) is 6.73. The van der Waals surface area contributed by atoms with Gasteiger partial charge in [0, 0.05) is 22.6 Å². The Kier molecular flexibility index (Phi) is 8.64. The lowest BCUT2D eigenvalue weighted by atomic mass is 9.88. The van der Waals surface area contributed by atoms with Crippen molar-refractivity contribution in [2.24, 2.45) is 0 Å². The van der Waals surface area contributed by atoms with Crippen LogP contribution < -0.4 is 10.1 Å². The van der Waals surface area contributed by atoms with E-state index in [1.54, 1.807) is 50.2 Å². The van der Waals surface area contributed by atoms with E-state index in [4.69, 9.17) is 9.47 Å². The van der Waals surface area contributed by atoms with Crippen molar-refractivity contribution in [2.75, 3.05) is 13.2 Å². The molecule has 0 radical (unpaired) electrons. The molecule has 10 nitrogen and oxygen atoms in total. The quantitative estimate of drug-likeness (QED) is 0.135. The molecule has 1 aliphatic heterocycles. The van der Waals surface area contributed by atoms with Crippen LogP contribution in [-0.4, -0.2) is 40.8 Å². The first-order valence-electron chi connectivity index (χ1n) is 12.5. The monoisotopic (exact) mass is 607 g/mol. The van der Waals surface area contributed by atoms with Gasteiger partial charge in [-0.15, -0.1) is 0 Å². The minimum absolute atomic E-state index is 0.0139. The molecule has 206 valence electrons. The maximum absolute atomic E-state index is 13.7. The molecule has 0 fully saturated rings. The summed E-state index contributed by atoms with van der Waals surface area (Å²) in [6.07, 6.45) is 0. The number of nitro groups is 1. The zero-order chi connectivity index (χ0) is 29.0. The molecule has 1 atom stereocenters. The van der Waals surface area contributed by atoms with Crippen molar-refractivity contribution in [3.8, 4) is 11.5 Å². The van der Waals surface area contributed by atoms with Crippen molar-refractivity contribution < 1.29 is 28.8 Å². The Hall–Kier alpha value is -4.51. The number of nitro benzene ring substituents is 1. The summed E-state index contributed by atoms with van der Waals surface area (Å²) < 4.78 is 11.9. The predicted octanol–water partition coefficient (Wildman–Crippen LogP) is 6.09. The first-order valence-corrected chi connectivity index (χ1v) is 13.3. The van der Waals surface area contributed by atoms with E-state index in [-0.39, 0.29) is 35.7 Å². The van der Waals surface area contributed by atoms with Crippen LogP contribution in [0.2, 0.25) is 0 Å². The normalized spacial score (nSPS) is 14.9. The second-order valence-corrected chi connectivity index (χ2v) is 9.73. The summed E-state index contributed by atoms with van der Waals surface area (Å²) in [5, 5.41) is 14.8. The first kappa shape index (κ1) is 28.5. The minimum Gasteiger partial charge on any atom is -0.460 e. The number of hydrogen-bond donors (Lipinski definition) is 1. The fourth-order valence-corrected chi connectivity index (χ4v) is 4.77. The van der Waals surface area contributed by atoms with Crippen molar-refractivity contribution in [1.29, 1.82) is 0 Å². The fraction of sp³-hybridized carbons (Fsp3) is 0.207. The molecule has 1 unspecified atom stereocenters. The van der Waals surface area contributed by atoms with E-state index in [2.05, 4.69) is 21.2 Å². The lowest BCUT2D eigenvalue weighted by Crippen LogP contribution is -2.48. The molecule has 0 aliphatic carbocycles. The van der Waals surface area contributed by atoms with Gasteiger partial charge < -0.3 is 14.8 Å². The number of urea groups is 1. The molecule has 1 heterocycles. The number of esters is 1. The number of carbonyl (C=O) groups is 3. The van der Waals surface area contributed by atoms with Crippen LogP contribution in [0.5, 0.6) is 11.5 Å². The Morgan fingerprint density at radius 3 is 2.42 bits per heavy atom. The number of Topliss-reactive ketones (excluding diaryl/α,β-unsaturated/α-hetero) is 1. The van der Waals surface area contributed by atoms with E-state index in [9.17, 15) is 24.5 Å². The largest absolute Gasteiger partial charge is 0.460 e. The van der Waals surface area contributed by atoms with Crippen LogP contribution in [-0.2, 0) is 14.3 Å². The Morgan fingerprint density at radius 1 is 1.07 bits per heavy atom. The smallest absolute Gasteiger partial charge is 0.379 e. The molecule has 1 aliphatic rings. The van der Waals surface area contributed by atoms with Crippen molar-refractivity contribution in [1.82, 2.24) is 10.2 Å². The second-order valence-electron chi connectivity index (χ2n) is 8.81. The van der Waals surface area contributed by atoms with Crippen molar-refractivity contribution in [2.45, 2.75) is 26.8 Å². The molecule has 2 amide bonds. The number of ether oxygens (including phenoxy) is 2. The summed E-state index contributed by atoms with van der Waals surface area (Å²) in [5.41, 5.74) is 0.846. The van der Waals surface area contributed by atoms with Crippen LogP contribution in [0, 0.1) is 17.0 Å². The molecule has 11 heteroatoms. The van der Waals surface area contributed by atoms with Gasteiger partial charge in [-0.2, -0.15) is 0 Å². The predicted molar refractivity (Wildman–Crippen MR) is 151 cm³/mol. The molecule has 0 spiro atoms. The number of para-hydroxylation sites is 1. The highest BCUT2D eigenvalue weighted by atomic mass is 79.9. The number of nitrogens with one attached hydrogen (secondary N) is 1. The summed E-state index contributed by atoms with van der Waals surface area (Å²) >= 11 is 3.44. The SMILES string of the molecule is CCOC(=O)C(=O)C1=C(c2ccccc2[N+](=O)[O-])N(CC)C(=O)NC1c1ccc(Br)cc1Oc1ccc(C)cc1. The van der Waals surface area contributed by atoms with Gasteiger partial charge in [0.1, 0.15) is 11.5 Å². The second kappa shape index (κ2) is 12.1. The van der Waals surface area contributed by atoms with Gasteiger partial charge in [0.2, 0.25) is 0 Å². The van der Waals surface area contributed by atoms with E-state index in [0.717, 1.165) is 5.56 Å². The maximum Gasteiger partial charge on any atom is 0.379 e. The number of hydrogen-bond acceptors (Lipinski definition) is 7. The molecule has 40 heavy (non-hydrogen) atoms. The number of amides is 2. The zero-order valence-electron chi connectivity index (χ0n) is 22.0. The number of nitrogens with zero attached hydrogens (tertiary/aromatic N) is 2. The molecule has 0 saturated carbocycles. The minimum atomic E-state index is -1.20. The van der Waals surface area contributed by atoms with Gasteiger partial charge in [0.15, 0.2) is 0 Å². The number of rotatable bonds is 9. The number of ketones is 1. The van der Waals surface area contributed by atoms with Gasteiger partial charge >= 0.3 is 12.0 Å². The Bertz CT molecular complexity index is 1520.